The van der Waals surface area contributed by atoms with E-state index in [4.69, 9.17) is 10.5 Å². The maximum Gasteiger partial charge on any atom is 0.225 e. The van der Waals surface area contributed by atoms with Gasteiger partial charge in [0.2, 0.25) is 5.91 Å². The zero-order valence-electron chi connectivity index (χ0n) is 11.2. The molecule has 102 valence electrons. The highest BCUT2D eigenvalue weighted by Crippen LogP contribution is 2.47. The SMILES string of the molecule is CC1(NC(=O)C2C3CCC(C3)C2N)CCCOC1. The number of fused-ring (bicyclic) bond motifs is 2. The first-order valence-corrected chi connectivity index (χ1v) is 7.24. The number of amides is 1. The number of nitrogens with two attached hydrogens (primary N) is 1. The molecule has 18 heavy (non-hydrogen) atoms. The van der Waals surface area contributed by atoms with Crippen LogP contribution < -0.4 is 11.1 Å². The Morgan fingerprint density at radius 3 is 2.78 bits per heavy atom. The molecule has 3 rings (SSSR count). The Kier molecular flexibility index (Phi) is 3.10. The second kappa shape index (κ2) is 4.49. The number of carbonyl (C=O) groups is 1. The minimum atomic E-state index is -0.184. The van der Waals surface area contributed by atoms with Crippen molar-refractivity contribution in [1.29, 1.82) is 0 Å². The summed E-state index contributed by atoms with van der Waals surface area (Å²) >= 11 is 0. The summed E-state index contributed by atoms with van der Waals surface area (Å²) < 4.78 is 5.49. The average molecular weight is 252 g/mol. The van der Waals surface area contributed by atoms with Gasteiger partial charge in [0, 0.05) is 12.6 Å². The minimum Gasteiger partial charge on any atom is -0.379 e. The van der Waals surface area contributed by atoms with E-state index in [9.17, 15) is 4.79 Å². The summed E-state index contributed by atoms with van der Waals surface area (Å²) in [5.41, 5.74) is 6.04. The Hall–Kier alpha value is -0.610. The van der Waals surface area contributed by atoms with Gasteiger partial charge in [-0.25, -0.2) is 0 Å². The van der Waals surface area contributed by atoms with Crippen molar-refractivity contribution in [2.24, 2.45) is 23.5 Å². The van der Waals surface area contributed by atoms with E-state index in [-0.39, 0.29) is 23.4 Å². The van der Waals surface area contributed by atoms with Crippen LogP contribution in [0.3, 0.4) is 0 Å². The Morgan fingerprint density at radius 2 is 2.17 bits per heavy atom. The van der Waals surface area contributed by atoms with Crippen LogP contribution >= 0.6 is 0 Å². The van der Waals surface area contributed by atoms with Gasteiger partial charge in [-0.1, -0.05) is 0 Å². The summed E-state index contributed by atoms with van der Waals surface area (Å²) in [7, 11) is 0. The fraction of sp³-hybridized carbons (Fsp3) is 0.929. The van der Waals surface area contributed by atoms with Gasteiger partial charge >= 0.3 is 0 Å². The van der Waals surface area contributed by atoms with E-state index in [1.807, 2.05) is 0 Å². The summed E-state index contributed by atoms with van der Waals surface area (Å²) in [5.74, 6) is 1.32. The van der Waals surface area contributed by atoms with Crippen molar-refractivity contribution >= 4 is 5.91 Å². The van der Waals surface area contributed by atoms with Crippen molar-refractivity contribution in [3.63, 3.8) is 0 Å². The zero-order chi connectivity index (χ0) is 12.8. The first-order chi connectivity index (χ1) is 8.59. The van der Waals surface area contributed by atoms with Crippen molar-refractivity contribution in [3.05, 3.63) is 0 Å². The monoisotopic (exact) mass is 252 g/mol. The molecule has 0 aromatic rings. The summed E-state index contributed by atoms with van der Waals surface area (Å²) in [6.45, 7) is 3.54. The molecule has 4 heteroatoms. The molecule has 5 atom stereocenters. The molecule has 0 aromatic carbocycles. The lowest BCUT2D eigenvalue weighted by atomic mass is 9.83. The van der Waals surface area contributed by atoms with Crippen LogP contribution in [-0.4, -0.2) is 30.7 Å². The predicted octanol–water partition coefficient (Wildman–Crippen LogP) is 1.05. The third-order valence-electron chi connectivity index (χ3n) is 5.15. The van der Waals surface area contributed by atoms with Gasteiger partial charge in [0.15, 0.2) is 0 Å². The molecular formula is C14H24N2O2. The number of rotatable bonds is 2. The molecule has 3 fully saturated rings. The van der Waals surface area contributed by atoms with Gasteiger partial charge in [-0.05, 0) is 50.9 Å². The molecule has 3 N–H and O–H groups in total. The molecule has 1 saturated heterocycles. The Bertz CT molecular complexity index is 337. The van der Waals surface area contributed by atoms with Crippen molar-refractivity contribution in [1.82, 2.24) is 5.32 Å². The van der Waals surface area contributed by atoms with Crippen LogP contribution in [0.25, 0.3) is 0 Å². The van der Waals surface area contributed by atoms with E-state index < -0.39 is 0 Å². The Morgan fingerprint density at radius 1 is 1.39 bits per heavy atom. The van der Waals surface area contributed by atoms with Crippen LogP contribution in [0.2, 0.25) is 0 Å². The number of ether oxygens (including phenoxy) is 1. The smallest absolute Gasteiger partial charge is 0.225 e. The number of nitrogens with one attached hydrogen (secondary N) is 1. The second-order valence-electron chi connectivity index (χ2n) is 6.64. The largest absolute Gasteiger partial charge is 0.379 e. The maximum atomic E-state index is 12.5. The molecule has 1 amide bonds. The molecule has 0 radical (unpaired) electrons. The summed E-state index contributed by atoms with van der Waals surface area (Å²) in [5, 5.41) is 3.21. The van der Waals surface area contributed by atoms with Gasteiger partial charge in [-0.3, -0.25) is 4.79 Å². The van der Waals surface area contributed by atoms with Crippen molar-refractivity contribution in [2.45, 2.75) is 50.6 Å². The molecule has 2 bridgehead atoms. The van der Waals surface area contributed by atoms with Crippen LogP contribution in [0.1, 0.15) is 39.0 Å². The molecule has 5 unspecified atom stereocenters. The maximum absolute atomic E-state index is 12.5. The molecule has 2 saturated carbocycles. The lowest BCUT2D eigenvalue weighted by Crippen LogP contribution is -2.56. The van der Waals surface area contributed by atoms with Gasteiger partial charge in [0.25, 0.3) is 0 Å². The van der Waals surface area contributed by atoms with Gasteiger partial charge < -0.3 is 15.8 Å². The normalized spacial score (nSPS) is 47.2. The summed E-state index contributed by atoms with van der Waals surface area (Å²) in [4.78, 5) is 12.5. The molecule has 1 aliphatic heterocycles. The quantitative estimate of drug-likeness (QED) is 0.772. The van der Waals surface area contributed by atoms with Gasteiger partial charge in [-0.2, -0.15) is 0 Å². The van der Waals surface area contributed by atoms with Crippen LogP contribution in [-0.2, 0) is 9.53 Å². The third kappa shape index (κ3) is 2.05. The number of hydrogen-bond donors (Lipinski definition) is 2. The fourth-order valence-electron chi connectivity index (χ4n) is 4.14. The highest BCUT2D eigenvalue weighted by atomic mass is 16.5. The standard InChI is InChI=1S/C14H24N2O2/c1-14(5-2-6-18-8-14)16-13(17)11-9-3-4-10(7-9)12(11)15/h9-12H,2-8,15H2,1H3,(H,16,17). The van der Waals surface area contributed by atoms with E-state index in [2.05, 4.69) is 12.2 Å². The van der Waals surface area contributed by atoms with E-state index in [0.29, 0.717) is 18.4 Å². The first kappa shape index (κ1) is 12.4. The highest BCUT2D eigenvalue weighted by Gasteiger charge is 2.50. The van der Waals surface area contributed by atoms with E-state index >= 15 is 0 Å². The molecule has 0 aromatic heterocycles. The third-order valence-corrected chi connectivity index (χ3v) is 5.15. The van der Waals surface area contributed by atoms with Gasteiger partial charge in [0.1, 0.15) is 0 Å². The fourth-order valence-corrected chi connectivity index (χ4v) is 4.14. The lowest BCUT2D eigenvalue weighted by Gasteiger charge is -2.37. The summed E-state index contributed by atoms with van der Waals surface area (Å²) in [6.07, 6.45) is 5.60. The van der Waals surface area contributed by atoms with Crippen LogP contribution in [0.5, 0.6) is 0 Å². The molecule has 0 spiro atoms. The van der Waals surface area contributed by atoms with E-state index in [0.717, 1.165) is 25.9 Å². The topological polar surface area (TPSA) is 64.4 Å². The number of hydrogen-bond acceptors (Lipinski definition) is 3. The Labute approximate surface area is 109 Å². The van der Waals surface area contributed by atoms with E-state index in [1.54, 1.807) is 0 Å². The van der Waals surface area contributed by atoms with Gasteiger partial charge in [0.05, 0.1) is 18.1 Å². The van der Waals surface area contributed by atoms with E-state index in [1.165, 1.54) is 12.8 Å². The zero-order valence-corrected chi connectivity index (χ0v) is 11.2. The molecule has 1 heterocycles. The number of carbonyl (C=O) groups excluding carboxylic acids is 1. The predicted molar refractivity (Wildman–Crippen MR) is 68.9 cm³/mol. The van der Waals surface area contributed by atoms with Crippen LogP contribution in [0.4, 0.5) is 0 Å². The van der Waals surface area contributed by atoms with Crippen LogP contribution in [0.15, 0.2) is 0 Å². The molecule has 3 aliphatic rings. The summed E-state index contributed by atoms with van der Waals surface area (Å²) in [6, 6.07) is 0.0804. The van der Waals surface area contributed by atoms with Crippen molar-refractivity contribution in [2.75, 3.05) is 13.2 Å². The van der Waals surface area contributed by atoms with Gasteiger partial charge in [-0.15, -0.1) is 0 Å². The Balaban J connectivity index is 1.64. The highest BCUT2D eigenvalue weighted by molar-refractivity contribution is 5.81. The molecular weight excluding hydrogens is 228 g/mol. The molecule has 4 nitrogen and oxygen atoms in total. The van der Waals surface area contributed by atoms with Crippen molar-refractivity contribution in [3.8, 4) is 0 Å². The average Bonchev–Trinajstić information content (AvgIpc) is 2.89. The van der Waals surface area contributed by atoms with Crippen molar-refractivity contribution < 1.29 is 9.53 Å². The van der Waals surface area contributed by atoms with Crippen LogP contribution in [0, 0.1) is 17.8 Å². The first-order valence-electron chi connectivity index (χ1n) is 7.24. The molecule has 2 aliphatic carbocycles. The lowest BCUT2D eigenvalue weighted by molar-refractivity contribution is -0.130. The second-order valence-corrected chi connectivity index (χ2v) is 6.64. The minimum absolute atomic E-state index is 0.0440.